The number of aryl methyl sites for hydroxylation is 1. The zero-order chi connectivity index (χ0) is 20.3. The van der Waals surface area contributed by atoms with E-state index in [1.807, 2.05) is 18.4 Å². The van der Waals surface area contributed by atoms with E-state index in [0.29, 0.717) is 35.0 Å². The molecule has 0 radical (unpaired) electrons. The summed E-state index contributed by atoms with van der Waals surface area (Å²) in [6, 6.07) is 4.99. The Labute approximate surface area is 169 Å². The number of aliphatic hydroxyl groups is 1. The number of hydrogen-bond acceptors (Lipinski definition) is 8. The molecule has 3 rings (SSSR count). The van der Waals surface area contributed by atoms with Crippen molar-refractivity contribution in [2.45, 2.75) is 57.3 Å². The standard InChI is InChI=1S/C19H26N6O2S/c1-4-14(11(3)26)22-19-23-17(16-18(24-19)25(5-2)10-21-16)20-9-12-8-13(28)6-7-15(12)27/h6-8,10-11,14,26-28H,4-5,9H2,1-3H3,(H2,20,22,23,24). The van der Waals surface area contributed by atoms with Crippen LogP contribution in [0.4, 0.5) is 11.8 Å². The van der Waals surface area contributed by atoms with Crippen LogP contribution in [0.15, 0.2) is 29.4 Å². The lowest BCUT2D eigenvalue weighted by Gasteiger charge is -2.20. The van der Waals surface area contributed by atoms with Gasteiger partial charge in [0.15, 0.2) is 17.0 Å². The van der Waals surface area contributed by atoms with Crippen molar-refractivity contribution in [2.75, 3.05) is 10.6 Å². The minimum atomic E-state index is -0.535. The Balaban J connectivity index is 1.95. The zero-order valence-corrected chi connectivity index (χ0v) is 17.1. The van der Waals surface area contributed by atoms with Crippen LogP contribution in [-0.4, -0.2) is 41.9 Å². The summed E-state index contributed by atoms with van der Waals surface area (Å²) in [6.45, 7) is 6.83. The molecule has 2 unspecified atom stereocenters. The molecule has 2 atom stereocenters. The summed E-state index contributed by atoms with van der Waals surface area (Å²) >= 11 is 4.33. The van der Waals surface area contributed by atoms with Crippen LogP contribution in [0.3, 0.4) is 0 Å². The van der Waals surface area contributed by atoms with E-state index in [4.69, 9.17) is 0 Å². The van der Waals surface area contributed by atoms with Crippen LogP contribution < -0.4 is 10.6 Å². The minimum absolute atomic E-state index is 0.159. The Hall–Kier alpha value is -2.52. The summed E-state index contributed by atoms with van der Waals surface area (Å²) in [5.74, 6) is 1.17. The van der Waals surface area contributed by atoms with Crippen molar-refractivity contribution < 1.29 is 10.2 Å². The van der Waals surface area contributed by atoms with Crippen molar-refractivity contribution in [1.29, 1.82) is 0 Å². The molecule has 1 aromatic carbocycles. The molecule has 2 heterocycles. The summed E-state index contributed by atoms with van der Waals surface area (Å²) in [7, 11) is 0. The van der Waals surface area contributed by atoms with Crippen molar-refractivity contribution in [3.8, 4) is 5.75 Å². The van der Waals surface area contributed by atoms with Crippen molar-refractivity contribution >= 4 is 35.6 Å². The Morgan fingerprint density at radius 1 is 1.25 bits per heavy atom. The number of nitrogens with one attached hydrogen (secondary N) is 2. The van der Waals surface area contributed by atoms with Crippen LogP contribution in [0.2, 0.25) is 0 Å². The third-order valence-corrected chi connectivity index (χ3v) is 4.93. The molecule has 0 saturated heterocycles. The molecular formula is C19H26N6O2S. The number of nitrogens with zero attached hydrogens (tertiary/aromatic N) is 4. The lowest BCUT2D eigenvalue weighted by atomic mass is 10.1. The van der Waals surface area contributed by atoms with E-state index in [2.05, 4.69) is 38.2 Å². The molecule has 0 aliphatic carbocycles. The number of fused-ring (bicyclic) bond motifs is 1. The predicted molar refractivity (Wildman–Crippen MR) is 113 cm³/mol. The molecule has 0 aliphatic heterocycles. The SMILES string of the molecule is CCC(Nc1nc(NCc2cc(S)ccc2O)c2ncn(CC)c2n1)C(C)O. The molecule has 0 bridgehead atoms. The average Bonchev–Trinajstić information content (AvgIpc) is 3.09. The normalized spacial score (nSPS) is 13.5. The molecule has 8 nitrogen and oxygen atoms in total. The summed E-state index contributed by atoms with van der Waals surface area (Å²) in [6.07, 6.45) is 1.93. The monoisotopic (exact) mass is 402 g/mol. The number of hydrogen-bond donors (Lipinski definition) is 5. The maximum atomic E-state index is 10.1. The second-order valence-corrected chi connectivity index (χ2v) is 7.18. The van der Waals surface area contributed by atoms with Gasteiger partial charge >= 0.3 is 0 Å². The first-order valence-corrected chi connectivity index (χ1v) is 9.79. The largest absolute Gasteiger partial charge is 0.508 e. The predicted octanol–water partition coefficient (Wildman–Crippen LogP) is 3.02. The molecule has 3 aromatic rings. The highest BCUT2D eigenvalue weighted by Crippen LogP contribution is 2.25. The van der Waals surface area contributed by atoms with Gasteiger partial charge in [0.05, 0.1) is 18.5 Å². The smallest absolute Gasteiger partial charge is 0.227 e. The van der Waals surface area contributed by atoms with Gasteiger partial charge in [0.1, 0.15) is 5.75 Å². The summed E-state index contributed by atoms with van der Waals surface area (Å²) < 4.78 is 1.93. The van der Waals surface area contributed by atoms with Crippen LogP contribution in [-0.2, 0) is 13.1 Å². The van der Waals surface area contributed by atoms with Crippen molar-refractivity contribution in [3.05, 3.63) is 30.1 Å². The quantitative estimate of drug-likeness (QED) is 0.369. The first-order valence-electron chi connectivity index (χ1n) is 9.35. The number of thiol groups is 1. The number of aromatic nitrogens is 4. The number of anilines is 2. The van der Waals surface area contributed by atoms with Crippen LogP contribution in [0, 0.1) is 0 Å². The van der Waals surface area contributed by atoms with Crippen LogP contribution in [0.25, 0.3) is 11.2 Å². The van der Waals surface area contributed by atoms with E-state index in [1.54, 1.807) is 31.5 Å². The van der Waals surface area contributed by atoms with Gasteiger partial charge in [-0.05, 0) is 38.5 Å². The maximum Gasteiger partial charge on any atom is 0.227 e. The van der Waals surface area contributed by atoms with Gasteiger partial charge in [0, 0.05) is 23.5 Å². The molecule has 0 fully saturated rings. The van der Waals surface area contributed by atoms with Crippen LogP contribution in [0.1, 0.15) is 32.8 Å². The number of aromatic hydroxyl groups is 1. The van der Waals surface area contributed by atoms with Gasteiger partial charge in [-0.3, -0.25) is 0 Å². The van der Waals surface area contributed by atoms with Gasteiger partial charge in [0.25, 0.3) is 0 Å². The molecule has 9 heteroatoms. The maximum absolute atomic E-state index is 10.1. The highest BCUT2D eigenvalue weighted by molar-refractivity contribution is 7.80. The average molecular weight is 403 g/mol. The third-order valence-electron chi connectivity index (χ3n) is 4.65. The molecule has 0 spiro atoms. The first-order chi connectivity index (χ1) is 13.4. The van der Waals surface area contributed by atoms with E-state index in [-0.39, 0.29) is 11.8 Å². The van der Waals surface area contributed by atoms with E-state index in [1.165, 1.54) is 0 Å². The van der Waals surface area contributed by atoms with Gasteiger partial charge in [-0.15, -0.1) is 12.6 Å². The number of phenolic OH excluding ortho intramolecular Hbond substituents is 1. The van der Waals surface area contributed by atoms with Gasteiger partial charge < -0.3 is 25.4 Å². The highest BCUT2D eigenvalue weighted by atomic mass is 32.1. The van der Waals surface area contributed by atoms with Gasteiger partial charge in [-0.25, -0.2) is 4.98 Å². The highest BCUT2D eigenvalue weighted by Gasteiger charge is 2.18. The Bertz CT molecular complexity index is 959. The zero-order valence-electron chi connectivity index (χ0n) is 16.2. The fourth-order valence-corrected chi connectivity index (χ4v) is 3.22. The third kappa shape index (κ3) is 4.31. The number of imidazole rings is 1. The first kappa shape index (κ1) is 20.2. The topological polar surface area (TPSA) is 108 Å². The molecule has 2 aromatic heterocycles. The lowest BCUT2D eigenvalue weighted by Crippen LogP contribution is -2.31. The Morgan fingerprint density at radius 2 is 2.04 bits per heavy atom. The van der Waals surface area contributed by atoms with E-state index < -0.39 is 6.10 Å². The molecular weight excluding hydrogens is 376 g/mol. The van der Waals surface area contributed by atoms with Crippen molar-refractivity contribution in [1.82, 2.24) is 19.5 Å². The van der Waals surface area contributed by atoms with Crippen molar-refractivity contribution in [3.63, 3.8) is 0 Å². The van der Waals surface area contributed by atoms with Gasteiger partial charge in [-0.2, -0.15) is 9.97 Å². The number of benzene rings is 1. The van der Waals surface area contributed by atoms with Crippen LogP contribution in [0.5, 0.6) is 5.75 Å². The van der Waals surface area contributed by atoms with Crippen molar-refractivity contribution in [2.24, 2.45) is 0 Å². The minimum Gasteiger partial charge on any atom is -0.508 e. The lowest BCUT2D eigenvalue weighted by molar-refractivity contribution is 0.169. The molecule has 150 valence electrons. The molecule has 28 heavy (non-hydrogen) atoms. The summed E-state index contributed by atoms with van der Waals surface area (Å²) in [4.78, 5) is 14.4. The number of aliphatic hydroxyl groups excluding tert-OH is 1. The molecule has 0 saturated carbocycles. The van der Waals surface area contributed by atoms with E-state index in [0.717, 1.165) is 17.9 Å². The Morgan fingerprint density at radius 3 is 2.71 bits per heavy atom. The van der Waals surface area contributed by atoms with E-state index in [9.17, 15) is 10.2 Å². The summed E-state index contributed by atoms with van der Waals surface area (Å²) in [5.41, 5.74) is 2.06. The fraction of sp³-hybridized carbons (Fsp3) is 0.421. The second kappa shape index (κ2) is 8.66. The van der Waals surface area contributed by atoms with Gasteiger partial charge in [-0.1, -0.05) is 6.92 Å². The Kier molecular flexibility index (Phi) is 6.25. The fourth-order valence-electron chi connectivity index (χ4n) is 2.99. The summed E-state index contributed by atoms with van der Waals surface area (Å²) in [5, 5.41) is 26.5. The molecule has 0 aliphatic rings. The molecule has 0 amide bonds. The van der Waals surface area contributed by atoms with E-state index >= 15 is 0 Å². The number of phenols is 1. The molecule has 4 N–H and O–H groups in total. The number of rotatable bonds is 8. The van der Waals surface area contributed by atoms with Gasteiger partial charge in [0.2, 0.25) is 5.95 Å². The second-order valence-electron chi connectivity index (χ2n) is 6.66. The van der Waals surface area contributed by atoms with Crippen LogP contribution >= 0.6 is 12.6 Å².